The second kappa shape index (κ2) is 13.9. The fourth-order valence-electron chi connectivity index (χ4n) is 3.93. The molecule has 35 heavy (non-hydrogen) atoms. The molecule has 1 fully saturated rings. The average Bonchev–Trinajstić information content (AvgIpc) is 2.76. The van der Waals surface area contributed by atoms with Crippen LogP contribution in [-0.4, -0.2) is 64.3 Å². The van der Waals surface area contributed by atoms with Crippen LogP contribution in [0.4, 0.5) is 4.79 Å². The van der Waals surface area contributed by atoms with Gasteiger partial charge >= 0.3 is 18.0 Å². The highest BCUT2D eigenvalue weighted by Gasteiger charge is 2.31. The molecule has 0 aromatic carbocycles. The summed E-state index contributed by atoms with van der Waals surface area (Å²) >= 11 is 0. The van der Waals surface area contributed by atoms with Gasteiger partial charge < -0.3 is 30.9 Å². The van der Waals surface area contributed by atoms with E-state index in [4.69, 9.17) is 9.84 Å². The van der Waals surface area contributed by atoms with Gasteiger partial charge in [0.25, 0.3) is 0 Å². The van der Waals surface area contributed by atoms with E-state index < -0.39 is 35.7 Å². The maximum Gasteiger partial charge on any atom is 0.408 e. The molecule has 5 N–H and O–H groups in total. The van der Waals surface area contributed by atoms with Crippen LogP contribution in [0.25, 0.3) is 0 Å². The molecule has 1 rings (SSSR count). The second-order valence-electron chi connectivity index (χ2n) is 10.3. The van der Waals surface area contributed by atoms with Crippen LogP contribution in [0.3, 0.4) is 0 Å². The molecule has 0 bridgehead atoms. The van der Waals surface area contributed by atoms with Gasteiger partial charge in [-0.3, -0.25) is 14.4 Å². The minimum absolute atomic E-state index is 0.0924. The van der Waals surface area contributed by atoms with E-state index in [2.05, 4.69) is 16.0 Å². The Morgan fingerprint density at radius 3 is 2.09 bits per heavy atom. The summed E-state index contributed by atoms with van der Waals surface area (Å²) in [6.45, 7) is 9.47. The van der Waals surface area contributed by atoms with Crippen molar-refractivity contribution in [2.45, 2.75) is 97.2 Å². The zero-order chi connectivity index (χ0) is 26.8. The van der Waals surface area contributed by atoms with Gasteiger partial charge in [-0.2, -0.15) is 0 Å². The fraction of sp³-hybridized carbons (Fsp3) is 0.792. The van der Waals surface area contributed by atoms with Crippen molar-refractivity contribution in [2.75, 3.05) is 6.54 Å². The Bertz CT molecular complexity index is 756. The van der Waals surface area contributed by atoms with Crippen molar-refractivity contribution in [1.29, 1.82) is 0 Å². The summed E-state index contributed by atoms with van der Waals surface area (Å²) in [6, 6.07) is -1.96. The number of carbonyl (C=O) groups excluding carboxylic acids is 3. The van der Waals surface area contributed by atoms with Crippen molar-refractivity contribution in [3.8, 4) is 0 Å². The molecule has 11 heteroatoms. The quantitative estimate of drug-likeness (QED) is 0.272. The van der Waals surface area contributed by atoms with Gasteiger partial charge in [-0.05, 0) is 64.7 Å². The molecule has 0 heterocycles. The fourth-order valence-corrected chi connectivity index (χ4v) is 3.93. The number of carboxylic acid groups (broad SMARTS) is 2. The number of carbonyl (C=O) groups is 5. The van der Waals surface area contributed by atoms with Crippen LogP contribution in [0.1, 0.15) is 79.6 Å². The molecule has 0 saturated heterocycles. The Labute approximate surface area is 206 Å². The van der Waals surface area contributed by atoms with Crippen LogP contribution in [0.5, 0.6) is 0 Å². The molecule has 1 aliphatic carbocycles. The summed E-state index contributed by atoms with van der Waals surface area (Å²) in [5, 5.41) is 26.0. The number of carboxylic acids is 2. The predicted molar refractivity (Wildman–Crippen MR) is 128 cm³/mol. The topological polar surface area (TPSA) is 171 Å². The third kappa shape index (κ3) is 11.4. The number of aliphatic carboxylic acids is 2. The zero-order valence-corrected chi connectivity index (χ0v) is 21.4. The van der Waals surface area contributed by atoms with Gasteiger partial charge in [0.1, 0.15) is 17.7 Å². The lowest BCUT2D eigenvalue weighted by Crippen LogP contribution is -2.52. The van der Waals surface area contributed by atoms with Gasteiger partial charge in [-0.1, -0.05) is 20.3 Å². The van der Waals surface area contributed by atoms with Gasteiger partial charge in [0.15, 0.2) is 0 Å². The van der Waals surface area contributed by atoms with Crippen molar-refractivity contribution >= 4 is 29.8 Å². The Morgan fingerprint density at radius 2 is 1.60 bits per heavy atom. The molecule has 200 valence electrons. The molecular formula is C24H41N3O8. The zero-order valence-electron chi connectivity index (χ0n) is 21.4. The summed E-state index contributed by atoms with van der Waals surface area (Å²) in [5.74, 6) is -3.33. The van der Waals surface area contributed by atoms with Crippen LogP contribution in [0.15, 0.2) is 0 Å². The third-order valence-electron chi connectivity index (χ3n) is 6.21. The Morgan fingerprint density at radius 1 is 1.00 bits per heavy atom. The number of ether oxygens (including phenoxy) is 1. The van der Waals surface area contributed by atoms with Gasteiger partial charge in [0.2, 0.25) is 11.8 Å². The molecule has 11 nitrogen and oxygen atoms in total. The molecule has 3 amide bonds. The molecule has 0 aliphatic heterocycles. The van der Waals surface area contributed by atoms with Crippen LogP contribution in [0, 0.1) is 17.8 Å². The first-order valence-electron chi connectivity index (χ1n) is 12.3. The van der Waals surface area contributed by atoms with Crippen LogP contribution >= 0.6 is 0 Å². The summed E-state index contributed by atoms with van der Waals surface area (Å²) in [7, 11) is 0. The van der Waals surface area contributed by atoms with Gasteiger partial charge in [0.05, 0.1) is 0 Å². The smallest absolute Gasteiger partial charge is 0.408 e. The lowest BCUT2D eigenvalue weighted by molar-refractivity contribution is -0.144. The van der Waals surface area contributed by atoms with Gasteiger partial charge in [0, 0.05) is 18.9 Å². The normalized spacial score (nSPS) is 20.6. The number of hydrogen-bond donors (Lipinski definition) is 5. The lowest BCUT2D eigenvalue weighted by Gasteiger charge is -2.30. The third-order valence-corrected chi connectivity index (χ3v) is 6.21. The molecule has 1 aliphatic rings. The first-order chi connectivity index (χ1) is 16.2. The first-order valence-corrected chi connectivity index (χ1v) is 12.3. The van der Waals surface area contributed by atoms with Crippen LogP contribution in [-0.2, 0) is 23.9 Å². The maximum absolute atomic E-state index is 12.8. The van der Waals surface area contributed by atoms with E-state index in [1.165, 1.54) is 0 Å². The van der Waals surface area contributed by atoms with E-state index in [1.807, 2.05) is 13.8 Å². The Balaban J connectivity index is 2.54. The van der Waals surface area contributed by atoms with E-state index in [0.29, 0.717) is 38.6 Å². The maximum atomic E-state index is 12.8. The monoisotopic (exact) mass is 499 g/mol. The van der Waals surface area contributed by atoms with Crippen LogP contribution in [0.2, 0.25) is 0 Å². The SMILES string of the molecule is CC[C@H](C)[C@H](NC(=O)OC(C)(C)C)C(=O)NCC1CCC(C(=O)N[C@@H](CCC(=O)O)C(=O)O)CC1. The lowest BCUT2D eigenvalue weighted by atomic mass is 9.81. The highest BCUT2D eigenvalue weighted by molar-refractivity contribution is 5.86. The van der Waals surface area contributed by atoms with Crippen molar-refractivity contribution in [3.05, 3.63) is 0 Å². The molecule has 0 aromatic heterocycles. The Hall–Kier alpha value is -2.85. The average molecular weight is 500 g/mol. The predicted octanol–water partition coefficient (Wildman–Crippen LogP) is 2.28. The molecule has 0 radical (unpaired) electrons. The number of amides is 3. The van der Waals surface area contributed by atoms with Crippen molar-refractivity contribution in [3.63, 3.8) is 0 Å². The number of rotatable bonds is 12. The van der Waals surface area contributed by atoms with E-state index in [-0.39, 0.29) is 42.4 Å². The number of nitrogens with one attached hydrogen (secondary N) is 3. The summed E-state index contributed by atoms with van der Waals surface area (Å²) in [6.07, 6.45) is 1.98. The van der Waals surface area contributed by atoms with E-state index in [0.717, 1.165) is 0 Å². The summed E-state index contributed by atoms with van der Waals surface area (Å²) < 4.78 is 5.28. The number of hydrogen-bond acceptors (Lipinski definition) is 6. The summed E-state index contributed by atoms with van der Waals surface area (Å²) in [5.41, 5.74) is -0.674. The number of alkyl carbamates (subject to hydrolysis) is 1. The minimum Gasteiger partial charge on any atom is -0.481 e. The largest absolute Gasteiger partial charge is 0.481 e. The first kappa shape index (κ1) is 30.2. The highest BCUT2D eigenvalue weighted by Crippen LogP contribution is 2.29. The van der Waals surface area contributed by atoms with Crippen LogP contribution < -0.4 is 16.0 Å². The van der Waals surface area contributed by atoms with E-state index >= 15 is 0 Å². The van der Waals surface area contributed by atoms with E-state index in [1.54, 1.807) is 20.8 Å². The standard InChI is InChI=1S/C24H41N3O8/c1-6-14(2)19(27-23(34)35-24(3,4)5)21(31)25-13-15-7-9-16(10-8-15)20(30)26-17(22(32)33)11-12-18(28)29/h14-17,19H,6-13H2,1-5H3,(H,25,31)(H,26,30)(H,27,34)(H,28,29)(H,32,33)/t14-,15?,16?,17-,19-/m0/s1. The highest BCUT2D eigenvalue weighted by atomic mass is 16.6. The van der Waals surface area contributed by atoms with Gasteiger partial charge in [-0.15, -0.1) is 0 Å². The minimum atomic E-state index is -1.26. The molecule has 0 spiro atoms. The van der Waals surface area contributed by atoms with Crippen molar-refractivity contribution in [2.24, 2.45) is 17.8 Å². The summed E-state index contributed by atoms with van der Waals surface area (Å²) in [4.78, 5) is 59.5. The van der Waals surface area contributed by atoms with Crippen molar-refractivity contribution in [1.82, 2.24) is 16.0 Å². The molecule has 0 aromatic rings. The molecule has 0 unspecified atom stereocenters. The molecule has 3 atom stereocenters. The molecular weight excluding hydrogens is 458 g/mol. The molecule has 1 saturated carbocycles. The van der Waals surface area contributed by atoms with E-state index in [9.17, 15) is 29.1 Å². The van der Waals surface area contributed by atoms with Gasteiger partial charge in [-0.25, -0.2) is 9.59 Å². The Kier molecular flexibility index (Phi) is 12.0. The van der Waals surface area contributed by atoms with Crippen molar-refractivity contribution < 1.29 is 38.9 Å². The second-order valence-corrected chi connectivity index (χ2v) is 10.3.